The molecular weight excluding hydrogens is 180 g/mol. The average molecular weight is 202 g/mol. The highest BCUT2D eigenvalue weighted by Crippen LogP contribution is 2.35. The van der Waals surface area contributed by atoms with Gasteiger partial charge >= 0.3 is 0 Å². The molecule has 0 aromatic rings. The van der Waals surface area contributed by atoms with Crippen LogP contribution in [0.3, 0.4) is 0 Å². The number of rotatable bonds is 2. The summed E-state index contributed by atoms with van der Waals surface area (Å²) in [5.41, 5.74) is 2.90. The first kappa shape index (κ1) is 10.7. The van der Waals surface area contributed by atoms with Gasteiger partial charge in [0.15, 0.2) is 0 Å². The molecule has 0 heterocycles. The topological polar surface area (TPSA) is 0 Å². The predicted octanol–water partition coefficient (Wildman–Crippen LogP) is 4.65. The Balaban J connectivity index is 1.93. The van der Waals surface area contributed by atoms with E-state index in [0.29, 0.717) is 5.92 Å². The van der Waals surface area contributed by atoms with E-state index >= 15 is 0 Å². The summed E-state index contributed by atoms with van der Waals surface area (Å²) in [6.07, 6.45) is 15.1. The lowest BCUT2D eigenvalue weighted by Crippen LogP contribution is -2.15. The van der Waals surface area contributed by atoms with Crippen LogP contribution in [0.15, 0.2) is 36.0 Å². The van der Waals surface area contributed by atoms with Crippen molar-refractivity contribution in [1.29, 1.82) is 0 Å². The van der Waals surface area contributed by atoms with Crippen LogP contribution in [0.1, 0.15) is 45.4 Å². The van der Waals surface area contributed by atoms with Crippen LogP contribution in [-0.4, -0.2) is 0 Å². The van der Waals surface area contributed by atoms with E-state index in [-0.39, 0.29) is 0 Å². The smallest absolute Gasteiger partial charge is 0.00147 e. The lowest BCUT2D eigenvalue weighted by molar-refractivity contribution is 0.384. The molecule has 0 N–H and O–H groups in total. The van der Waals surface area contributed by atoms with Crippen LogP contribution in [0, 0.1) is 11.8 Å². The Morgan fingerprint density at radius 2 is 2.00 bits per heavy atom. The standard InChI is InChI=1S/C15H22/c1-12-8-10-15(11-9-12)13(2)14-6-4-3-5-7-14/h8-10,14-15H,2-7,11H2,1H3. The van der Waals surface area contributed by atoms with Gasteiger partial charge in [-0.25, -0.2) is 0 Å². The molecule has 1 unspecified atom stereocenters. The SMILES string of the molecule is C=C(C1C=CC(C)=CC1)C1CCCCC1. The Bertz CT molecular complexity index is 287. The molecule has 15 heavy (non-hydrogen) atoms. The Kier molecular flexibility index (Phi) is 3.45. The number of hydrogen-bond donors (Lipinski definition) is 0. The maximum atomic E-state index is 4.35. The van der Waals surface area contributed by atoms with E-state index in [2.05, 4.69) is 31.7 Å². The zero-order chi connectivity index (χ0) is 10.7. The van der Waals surface area contributed by atoms with E-state index in [1.165, 1.54) is 49.7 Å². The zero-order valence-electron chi connectivity index (χ0n) is 9.84. The van der Waals surface area contributed by atoms with E-state index in [4.69, 9.17) is 0 Å². The quantitative estimate of drug-likeness (QED) is 0.572. The van der Waals surface area contributed by atoms with Crippen LogP contribution in [0.5, 0.6) is 0 Å². The first-order valence-corrected chi connectivity index (χ1v) is 6.31. The Hall–Kier alpha value is -0.780. The van der Waals surface area contributed by atoms with Crippen LogP contribution in [-0.2, 0) is 0 Å². The summed E-state index contributed by atoms with van der Waals surface area (Å²) in [7, 11) is 0. The van der Waals surface area contributed by atoms with E-state index in [9.17, 15) is 0 Å². The fourth-order valence-corrected chi connectivity index (χ4v) is 2.78. The lowest BCUT2D eigenvalue weighted by atomic mass is 9.77. The van der Waals surface area contributed by atoms with Crippen molar-refractivity contribution in [3.63, 3.8) is 0 Å². The molecule has 0 aliphatic heterocycles. The van der Waals surface area contributed by atoms with Gasteiger partial charge in [-0.15, -0.1) is 0 Å². The molecule has 1 fully saturated rings. The zero-order valence-corrected chi connectivity index (χ0v) is 9.84. The summed E-state index contributed by atoms with van der Waals surface area (Å²) in [6, 6.07) is 0. The van der Waals surface area contributed by atoms with E-state index < -0.39 is 0 Å². The van der Waals surface area contributed by atoms with Gasteiger partial charge in [-0.1, -0.05) is 55.2 Å². The minimum absolute atomic E-state index is 0.622. The van der Waals surface area contributed by atoms with Gasteiger partial charge in [0.1, 0.15) is 0 Å². The molecule has 82 valence electrons. The molecule has 2 aliphatic rings. The van der Waals surface area contributed by atoms with Crippen LogP contribution in [0.2, 0.25) is 0 Å². The Morgan fingerprint density at radius 3 is 2.60 bits per heavy atom. The van der Waals surface area contributed by atoms with E-state index in [0.717, 1.165) is 5.92 Å². The first-order valence-electron chi connectivity index (χ1n) is 6.31. The van der Waals surface area contributed by atoms with Crippen LogP contribution in [0.4, 0.5) is 0 Å². The van der Waals surface area contributed by atoms with E-state index in [1.54, 1.807) is 0 Å². The second-order valence-corrected chi connectivity index (χ2v) is 5.06. The molecule has 2 rings (SSSR count). The molecule has 0 bridgehead atoms. The molecule has 0 aromatic heterocycles. The monoisotopic (exact) mass is 202 g/mol. The predicted molar refractivity (Wildman–Crippen MR) is 66.7 cm³/mol. The minimum atomic E-state index is 0.622. The lowest BCUT2D eigenvalue weighted by Gasteiger charge is -2.28. The largest absolute Gasteiger partial charge is 0.0990 e. The fraction of sp³-hybridized carbons (Fsp3) is 0.600. The highest BCUT2D eigenvalue weighted by atomic mass is 14.3. The summed E-state index contributed by atoms with van der Waals surface area (Å²) in [5, 5.41) is 0. The van der Waals surface area contributed by atoms with Crippen LogP contribution >= 0.6 is 0 Å². The molecule has 0 heteroatoms. The maximum absolute atomic E-state index is 4.35. The minimum Gasteiger partial charge on any atom is -0.0990 e. The Labute approximate surface area is 93.8 Å². The molecule has 0 spiro atoms. The van der Waals surface area contributed by atoms with Gasteiger partial charge in [0.2, 0.25) is 0 Å². The average Bonchev–Trinajstić information content (AvgIpc) is 2.30. The highest BCUT2D eigenvalue weighted by Gasteiger charge is 2.21. The summed E-state index contributed by atoms with van der Waals surface area (Å²) in [4.78, 5) is 0. The van der Waals surface area contributed by atoms with Gasteiger partial charge in [0.05, 0.1) is 0 Å². The first-order chi connectivity index (χ1) is 7.27. The summed E-state index contributed by atoms with van der Waals surface area (Å²) < 4.78 is 0. The molecule has 0 aromatic carbocycles. The van der Waals surface area contributed by atoms with Crippen LogP contribution in [0.25, 0.3) is 0 Å². The summed E-state index contributed by atoms with van der Waals surface area (Å²) in [6.45, 7) is 6.52. The number of allylic oxidation sites excluding steroid dienone is 5. The van der Waals surface area contributed by atoms with Crippen molar-refractivity contribution in [2.45, 2.75) is 45.4 Å². The molecular formula is C15H22. The summed E-state index contributed by atoms with van der Waals surface area (Å²) >= 11 is 0. The molecule has 0 saturated heterocycles. The van der Waals surface area contributed by atoms with Gasteiger partial charge in [-0.3, -0.25) is 0 Å². The third-order valence-corrected chi connectivity index (χ3v) is 3.89. The second-order valence-electron chi connectivity index (χ2n) is 5.06. The van der Waals surface area contributed by atoms with Crippen molar-refractivity contribution in [1.82, 2.24) is 0 Å². The molecule has 1 atom stereocenters. The van der Waals surface area contributed by atoms with Gasteiger partial charge in [0, 0.05) is 5.92 Å². The van der Waals surface area contributed by atoms with Gasteiger partial charge < -0.3 is 0 Å². The normalized spacial score (nSPS) is 27.5. The van der Waals surface area contributed by atoms with Crippen molar-refractivity contribution < 1.29 is 0 Å². The van der Waals surface area contributed by atoms with Gasteiger partial charge in [-0.2, -0.15) is 0 Å². The molecule has 1 saturated carbocycles. The van der Waals surface area contributed by atoms with Crippen molar-refractivity contribution in [3.8, 4) is 0 Å². The summed E-state index contributed by atoms with van der Waals surface area (Å²) in [5.74, 6) is 1.43. The molecule has 0 nitrogen and oxygen atoms in total. The van der Waals surface area contributed by atoms with Crippen molar-refractivity contribution >= 4 is 0 Å². The highest BCUT2D eigenvalue weighted by molar-refractivity contribution is 5.27. The second kappa shape index (κ2) is 4.83. The van der Waals surface area contributed by atoms with Gasteiger partial charge in [-0.05, 0) is 32.1 Å². The Morgan fingerprint density at radius 1 is 1.27 bits per heavy atom. The maximum Gasteiger partial charge on any atom is 0.00147 e. The molecule has 0 amide bonds. The molecule has 2 aliphatic carbocycles. The van der Waals surface area contributed by atoms with Crippen molar-refractivity contribution in [2.24, 2.45) is 11.8 Å². The van der Waals surface area contributed by atoms with Crippen molar-refractivity contribution in [3.05, 3.63) is 36.0 Å². The third kappa shape index (κ3) is 2.62. The third-order valence-electron chi connectivity index (χ3n) is 3.89. The van der Waals surface area contributed by atoms with Crippen LogP contribution < -0.4 is 0 Å². The van der Waals surface area contributed by atoms with Gasteiger partial charge in [0.25, 0.3) is 0 Å². The fourth-order valence-electron chi connectivity index (χ4n) is 2.78. The molecule has 0 radical (unpaired) electrons. The van der Waals surface area contributed by atoms with Crippen molar-refractivity contribution in [2.75, 3.05) is 0 Å². The van der Waals surface area contributed by atoms with E-state index in [1.807, 2.05) is 0 Å². The number of hydrogen-bond acceptors (Lipinski definition) is 0.